The third-order valence-electron chi connectivity index (χ3n) is 3.86. The Morgan fingerprint density at radius 2 is 2.18 bits per heavy atom. The van der Waals surface area contributed by atoms with Crippen molar-refractivity contribution >= 4 is 17.6 Å². The Bertz CT molecular complexity index is 659. The molecule has 0 N–H and O–H groups in total. The highest BCUT2D eigenvalue weighted by Gasteiger charge is 2.19. The molecule has 0 radical (unpaired) electrons. The molecule has 116 valence electrons. The summed E-state index contributed by atoms with van der Waals surface area (Å²) < 4.78 is 0. The van der Waals surface area contributed by atoms with Crippen molar-refractivity contribution in [2.24, 2.45) is 0 Å². The van der Waals surface area contributed by atoms with Gasteiger partial charge in [-0.25, -0.2) is 15.0 Å². The summed E-state index contributed by atoms with van der Waals surface area (Å²) in [6.07, 6.45) is 6.84. The number of thioether (sulfide) groups is 1. The summed E-state index contributed by atoms with van der Waals surface area (Å²) in [5.74, 6) is 1.04. The Balaban J connectivity index is 1.76. The first kappa shape index (κ1) is 15.2. The second-order valence-electron chi connectivity index (χ2n) is 5.67. The molecule has 3 heterocycles. The quantitative estimate of drug-likeness (QED) is 0.637. The number of fused-ring (bicyclic) bond motifs is 1. The van der Waals surface area contributed by atoms with Crippen LogP contribution in [-0.2, 0) is 19.5 Å². The molecule has 3 rings (SSSR count). The topological polar surface area (TPSA) is 45.2 Å². The van der Waals surface area contributed by atoms with Crippen LogP contribution in [0.2, 0.25) is 0 Å². The molecule has 5 nitrogen and oxygen atoms in total. The molecule has 0 atom stereocenters. The second-order valence-corrected chi connectivity index (χ2v) is 6.44. The fourth-order valence-corrected chi connectivity index (χ4v) is 3.15. The van der Waals surface area contributed by atoms with E-state index < -0.39 is 0 Å². The normalized spacial score (nSPS) is 14.7. The van der Waals surface area contributed by atoms with Crippen molar-refractivity contribution < 1.29 is 0 Å². The molecule has 1 aliphatic rings. The third-order valence-corrected chi connectivity index (χ3v) is 4.42. The van der Waals surface area contributed by atoms with Crippen molar-refractivity contribution in [1.82, 2.24) is 19.9 Å². The Morgan fingerprint density at radius 1 is 1.32 bits per heavy atom. The van der Waals surface area contributed by atoms with E-state index in [1.54, 1.807) is 11.8 Å². The van der Waals surface area contributed by atoms with Crippen molar-refractivity contribution in [2.75, 3.05) is 31.8 Å². The zero-order valence-corrected chi connectivity index (χ0v) is 14.1. The van der Waals surface area contributed by atoms with E-state index in [-0.39, 0.29) is 0 Å². The van der Waals surface area contributed by atoms with Crippen molar-refractivity contribution in [3.05, 3.63) is 41.3 Å². The van der Waals surface area contributed by atoms with E-state index in [0.29, 0.717) is 0 Å². The number of anilines is 1. The minimum Gasteiger partial charge on any atom is -0.362 e. The molecule has 0 aliphatic carbocycles. The van der Waals surface area contributed by atoms with Crippen molar-refractivity contribution in [3.63, 3.8) is 0 Å². The predicted octanol–water partition coefficient (Wildman–Crippen LogP) is 2.22. The lowest BCUT2D eigenvalue weighted by Crippen LogP contribution is -2.31. The Labute approximate surface area is 135 Å². The van der Waals surface area contributed by atoms with E-state index in [1.807, 2.05) is 38.8 Å². The Morgan fingerprint density at radius 3 is 2.95 bits per heavy atom. The number of hydrogen-bond acceptors (Lipinski definition) is 6. The lowest BCUT2D eigenvalue weighted by atomic mass is 10.1. The molecular formula is C16H21N5S. The molecule has 0 saturated carbocycles. The number of nitrogens with zero attached hydrogens (tertiary/aromatic N) is 5. The van der Waals surface area contributed by atoms with E-state index in [2.05, 4.69) is 30.8 Å². The van der Waals surface area contributed by atoms with Gasteiger partial charge < -0.3 is 4.90 Å². The van der Waals surface area contributed by atoms with Gasteiger partial charge in [0.15, 0.2) is 5.16 Å². The van der Waals surface area contributed by atoms with Crippen molar-refractivity contribution in [1.29, 1.82) is 0 Å². The van der Waals surface area contributed by atoms with Gasteiger partial charge in [0.1, 0.15) is 5.82 Å². The maximum Gasteiger partial charge on any atom is 0.187 e. The summed E-state index contributed by atoms with van der Waals surface area (Å²) in [4.78, 5) is 18.0. The van der Waals surface area contributed by atoms with Gasteiger partial charge >= 0.3 is 0 Å². The van der Waals surface area contributed by atoms with Crippen molar-refractivity contribution in [2.45, 2.75) is 24.7 Å². The second kappa shape index (κ2) is 6.62. The highest BCUT2D eigenvalue weighted by atomic mass is 32.2. The summed E-state index contributed by atoms with van der Waals surface area (Å²) >= 11 is 1.60. The summed E-state index contributed by atoms with van der Waals surface area (Å²) in [5, 5.41) is 0.870. The van der Waals surface area contributed by atoms with Crippen LogP contribution in [0.5, 0.6) is 0 Å². The molecule has 0 amide bonds. The molecule has 0 aromatic carbocycles. The first-order valence-corrected chi connectivity index (χ1v) is 8.62. The van der Waals surface area contributed by atoms with E-state index in [4.69, 9.17) is 0 Å². The molecule has 0 bridgehead atoms. The van der Waals surface area contributed by atoms with Crippen LogP contribution >= 0.6 is 11.8 Å². The first-order chi connectivity index (χ1) is 10.7. The average molecular weight is 315 g/mol. The zero-order valence-electron chi connectivity index (χ0n) is 13.3. The lowest BCUT2D eigenvalue weighted by Gasteiger charge is -2.29. The first-order valence-electron chi connectivity index (χ1n) is 7.39. The van der Waals surface area contributed by atoms with Gasteiger partial charge in [-0.15, -0.1) is 0 Å². The molecule has 2 aromatic heterocycles. The number of rotatable bonds is 4. The molecule has 0 saturated heterocycles. The zero-order chi connectivity index (χ0) is 15.5. The maximum atomic E-state index is 4.62. The van der Waals surface area contributed by atoms with Gasteiger partial charge in [0, 0.05) is 63.7 Å². The fourth-order valence-electron chi connectivity index (χ4n) is 2.79. The molecule has 22 heavy (non-hydrogen) atoms. The maximum absolute atomic E-state index is 4.62. The summed E-state index contributed by atoms with van der Waals surface area (Å²) in [6.45, 7) is 2.84. The van der Waals surface area contributed by atoms with Gasteiger partial charge in [-0.3, -0.25) is 4.90 Å². The smallest absolute Gasteiger partial charge is 0.187 e. The largest absolute Gasteiger partial charge is 0.362 e. The molecular weight excluding hydrogens is 294 g/mol. The van der Waals surface area contributed by atoms with E-state index in [0.717, 1.165) is 37.0 Å². The molecule has 0 unspecified atom stereocenters. The summed E-state index contributed by atoms with van der Waals surface area (Å²) in [5.41, 5.74) is 3.71. The SMILES string of the molecule is CSc1ncc2c(n1)CCN(Cc1cccnc1N(C)C)C2. The molecule has 0 fully saturated rings. The summed E-state index contributed by atoms with van der Waals surface area (Å²) in [6, 6.07) is 4.17. The van der Waals surface area contributed by atoms with Crippen LogP contribution < -0.4 is 4.90 Å². The molecule has 6 heteroatoms. The number of aromatic nitrogens is 3. The van der Waals surface area contributed by atoms with E-state index >= 15 is 0 Å². The molecule has 1 aliphatic heterocycles. The van der Waals surface area contributed by atoms with Crippen LogP contribution in [0.3, 0.4) is 0 Å². The van der Waals surface area contributed by atoms with Gasteiger partial charge in [0.05, 0.1) is 5.69 Å². The minimum atomic E-state index is 0.870. The Hall–Kier alpha value is -1.66. The van der Waals surface area contributed by atoms with Crippen LogP contribution in [0.4, 0.5) is 5.82 Å². The van der Waals surface area contributed by atoms with Gasteiger partial charge in [0.2, 0.25) is 0 Å². The molecule has 2 aromatic rings. The fraction of sp³-hybridized carbons (Fsp3) is 0.438. The van der Waals surface area contributed by atoms with E-state index in [1.165, 1.54) is 16.8 Å². The Kier molecular flexibility index (Phi) is 4.59. The lowest BCUT2D eigenvalue weighted by molar-refractivity contribution is 0.242. The average Bonchev–Trinajstić information content (AvgIpc) is 2.54. The van der Waals surface area contributed by atoms with E-state index in [9.17, 15) is 0 Å². The van der Waals surface area contributed by atoms with Gasteiger partial charge in [-0.2, -0.15) is 0 Å². The monoisotopic (exact) mass is 315 g/mol. The van der Waals surface area contributed by atoms with Crippen LogP contribution in [0.1, 0.15) is 16.8 Å². The summed E-state index contributed by atoms with van der Waals surface area (Å²) in [7, 11) is 4.07. The third kappa shape index (κ3) is 3.23. The van der Waals surface area contributed by atoms with Gasteiger partial charge in [0.25, 0.3) is 0 Å². The van der Waals surface area contributed by atoms with Crippen LogP contribution in [0, 0.1) is 0 Å². The standard InChI is InChI=1S/C16H21N5S/c1-20(2)15-12(5-4-7-17-15)10-21-8-6-14-13(11-21)9-18-16(19-14)22-3/h4-5,7,9H,6,8,10-11H2,1-3H3. The number of hydrogen-bond donors (Lipinski definition) is 0. The van der Waals surface area contributed by atoms with Crippen molar-refractivity contribution in [3.8, 4) is 0 Å². The molecule has 0 spiro atoms. The van der Waals surface area contributed by atoms with Crippen LogP contribution in [0.15, 0.2) is 29.7 Å². The van der Waals surface area contributed by atoms with Gasteiger partial charge in [-0.05, 0) is 12.3 Å². The van der Waals surface area contributed by atoms with Gasteiger partial charge in [-0.1, -0.05) is 17.8 Å². The predicted molar refractivity (Wildman–Crippen MR) is 90.2 cm³/mol. The highest BCUT2D eigenvalue weighted by Crippen LogP contribution is 2.23. The highest BCUT2D eigenvalue weighted by molar-refractivity contribution is 7.98. The van der Waals surface area contributed by atoms with Crippen LogP contribution in [-0.4, -0.2) is 46.7 Å². The van der Waals surface area contributed by atoms with Crippen LogP contribution in [0.25, 0.3) is 0 Å². The minimum absolute atomic E-state index is 0.870. The number of pyridine rings is 1.